The van der Waals surface area contributed by atoms with Gasteiger partial charge in [0.05, 0.1) is 18.1 Å². The Morgan fingerprint density at radius 3 is 2.92 bits per heavy atom. The summed E-state index contributed by atoms with van der Waals surface area (Å²) in [6.07, 6.45) is 1.21. The molecule has 1 aromatic rings. The van der Waals surface area contributed by atoms with Gasteiger partial charge in [0.2, 0.25) is 11.8 Å². The summed E-state index contributed by atoms with van der Waals surface area (Å²) in [6, 6.07) is 5.46. The fourth-order valence-electron chi connectivity index (χ4n) is 3.35. The number of nitrogens with zero attached hydrogens (tertiary/aromatic N) is 2. The Morgan fingerprint density at radius 2 is 2.28 bits per heavy atom. The van der Waals surface area contributed by atoms with Crippen LogP contribution < -0.4 is 20.5 Å². The molecule has 0 bridgehead atoms. The molecule has 8 heteroatoms. The van der Waals surface area contributed by atoms with Gasteiger partial charge in [-0.3, -0.25) is 20.4 Å². The zero-order valence-electron chi connectivity index (χ0n) is 14.4. The van der Waals surface area contributed by atoms with Crippen molar-refractivity contribution >= 4 is 29.1 Å². The lowest BCUT2D eigenvalue weighted by Gasteiger charge is -2.24. The molecule has 0 saturated carbocycles. The van der Waals surface area contributed by atoms with Gasteiger partial charge in [-0.05, 0) is 24.6 Å². The first kappa shape index (κ1) is 18.0. The molecule has 0 aliphatic carbocycles. The van der Waals surface area contributed by atoms with Gasteiger partial charge in [0.15, 0.2) is 0 Å². The summed E-state index contributed by atoms with van der Waals surface area (Å²) in [5, 5.41) is 0.444. The second-order valence-electron chi connectivity index (χ2n) is 6.50. The molecule has 2 aliphatic heterocycles. The number of hydrazine groups is 1. The highest BCUT2D eigenvalue weighted by atomic mass is 35.5. The zero-order chi connectivity index (χ0) is 18.0. The minimum absolute atomic E-state index is 0.00385. The molecule has 3 rings (SSSR count). The van der Waals surface area contributed by atoms with Crippen LogP contribution in [-0.4, -0.2) is 56.5 Å². The van der Waals surface area contributed by atoms with E-state index in [1.807, 2.05) is 0 Å². The zero-order valence-corrected chi connectivity index (χ0v) is 15.2. The summed E-state index contributed by atoms with van der Waals surface area (Å²) in [5.74, 6) is 0.174. The van der Waals surface area contributed by atoms with Crippen molar-refractivity contribution < 1.29 is 14.3 Å². The summed E-state index contributed by atoms with van der Waals surface area (Å²) in [7, 11) is 3.33. The molecular weight excluding hydrogens is 344 g/mol. The fraction of sp³-hybridized carbons (Fsp3) is 0.529. The van der Waals surface area contributed by atoms with Gasteiger partial charge in [0, 0.05) is 44.8 Å². The van der Waals surface area contributed by atoms with E-state index in [0.29, 0.717) is 29.5 Å². The van der Waals surface area contributed by atoms with Crippen molar-refractivity contribution in [3.8, 4) is 5.75 Å². The highest BCUT2D eigenvalue weighted by molar-refractivity contribution is 6.32. The van der Waals surface area contributed by atoms with Crippen LogP contribution in [0.3, 0.4) is 0 Å². The molecular formula is C17H23ClN4O3. The van der Waals surface area contributed by atoms with Gasteiger partial charge in [-0.25, -0.2) is 0 Å². The Kier molecular flexibility index (Phi) is 5.46. The standard InChI is InChI=1S/C17H23ClN4O3/c1-21(10-12-5-6-19-20-12)17(24)11-7-16(23)22(9-11)13-3-4-15(25-2)14(18)8-13/h3-4,8,11-12,19-20H,5-7,9-10H2,1-2H3. The molecule has 2 unspecified atom stereocenters. The third-order valence-corrected chi connectivity index (χ3v) is 5.01. The molecule has 2 aliphatic rings. The van der Waals surface area contributed by atoms with E-state index in [2.05, 4.69) is 10.9 Å². The number of carbonyl (C=O) groups excluding carboxylic acids is 2. The van der Waals surface area contributed by atoms with Gasteiger partial charge >= 0.3 is 0 Å². The van der Waals surface area contributed by atoms with Crippen molar-refractivity contribution in [1.82, 2.24) is 15.8 Å². The van der Waals surface area contributed by atoms with Gasteiger partial charge in [-0.1, -0.05) is 11.6 Å². The first-order valence-corrected chi connectivity index (χ1v) is 8.74. The molecule has 2 amide bonds. The van der Waals surface area contributed by atoms with E-state index in [-0.39, 0.29) is 30.2 Å². The Bertz CT molecular complexity index is 663. The van der Waals surface area contributed by atoms with Gasteiger partial charge in [0.25, 0.3) is 0 Å². The quantitative estimate of drug-likeness (QED) is 0.814. The number of hydrogen-bond acceptors (Lipinski definition) is 5. The van der Waals surface area contributed by atoms with E-state index in [9.17, 15) is 9.59 Å². The molecule has 2 atom stereocenters. The smallest absolute Gasteiger partial charge is 0.227 e. The Morgan fingerprint density at radius 1 is 1.48 bits per heavy atom. The number of amides is 2. The summed E-state index contributed by atoms with van der Waals surface area (Å²) in [4.78, 5) is 28.4. The van der Waals surface area contributed by atoms with E-state index in [4.69, 9.17) is 16.3 Å². The summed E-state index contributed by atoms with van der Waals surface area (Å²) in [5.41, 5.74) is 6.90. The van der Waals surface area contributed by atoms with Crippen molar-refractivity contribution in [3.05, 3.63) is 23.2 Å². The van der Waals surface area contributed by atoms with Gasteiger partial charge in [0.1, 0.15) is 5.75 Å². The van der Waals surface area contributed by atoms with Crippen molar-refractivity contribution in [1.29, 1.82) is 0 Å². The van der Waals surface area contributed by atoms with Crippen LogP contribution in [0.2, 0.25) is 5.02 Å². The van der Waals surface area contributed by atoms with Crippen molar-refractivity contribution in [2.75, 3.05) is 38.7 Å². The molecule has 0 spiro atoms. The van der Waals surface area contributed by atoms with Gasteiger partial charge < -0.3 is 14.5 Å². The largest absolute Gasteiger partial charge is 0.495 e. The fourth-order valence-corrected chi connectivity index (χ4v) is 3.60. The molecule has 25 heavy (non-hydrogen) atoms. The first-order chi connectivity index (χ1) is 12.0. The molecule has 2 saturated heterocycles. The van der Waals surface area contributed by atoms with Gasteiger partial charge in [-0.15, -0.1) is 0 Å². The third kappa shape index (κ3) is 3.89. The molecule has 2 heterocycles. The molecule has 136 valence electrons. The third-order valence-electron chi connectivity index (χ3n) is 4.72. The lowest BCUT2D eigenvalue weighted by atomic mass is 10.1. The van der Waals surface area contributed by atoms with Crippen molar-refractivity contribution in [3.63, 3.8) is 0 Å². The van der Waals surface area contributed by atoms with E-state index in [1.165, 1.54) is 0 Å². The van der Waals surface area contributed by atoms with Crippen LogP contribution in [-0.2, 0) is 9.59 Å². The summed E-state index contributed by atoms with van der Waals surface area (Å²) < 4.78 is 5.14. The number of ether oxygens (including phenoxy) is 1. The molecule has 2 fully saturated rings. The lowest BCUT2D eigenvalue weighted by Crippen LogP contribution is -2.43. The monoisotopic (exact) mass is 366 g/mol. The number of methoxy groups -OCH3 is 1. The Labute approximate surface area is 152 Å². The molecule has 1 aromatic carbocycles. The number of rotatable bonds is 5. The van der Waals surface area contributed by atoms with Crippen LogP contribution in [0.4, 0.5) is 5.69 Å². The van der Waals surface area contributed by atoms with Crippen LogP contribution in [0, 0.1) is 5.92 Å². The van der Waals surface area contributed by atoms with E-state index >= 15 is 0 Å². The number of anilines is 1. The average molecular weight is 367 g/mol. The van der Waals surface area contributed by atoms with E-state index in [0.717, 1.165) is 13.0 Å². The molecule has 2 N–H and O–H groups in total. The van der Waals surface area contributed by atoms with Crippen LogP contribution in [0.15, 0.2) is 18.2 Å². The number of halogens is 1. The highest BCUT2D eigenvalue weighted by Gasteiger charge is 2.37. The summed E-state index contributed by atoms with van der Waals surface area (Å²) in [6.45, 7) is 1.91. The number of likely N-dealkylation sites (N-methyl/N-ethyl adjacent to an activating group) is 1. The molecule has 0 radical (unpaired) electrons. The SMILES string of the molecule is COc1ccc(N2CC(C(=O)N(C)CC3CCNN3)CC2=O)cc1Cl. The second kappa shape index (κ2) is 7.59. The topological polar surface area (TPSA) is 73.9 Å². The maximum Gasteiger partial charge on any atom is 0.227 e. The number of hydrogen-bond donors (Lipinski definition) is 2. The first-order valence-electron chi connectivity index (χ1n) is 8.37. The van der Waals surface area contributed by atoms with E-state index < -0.39 is 0 Å². The van der Waals surface area contributed by atoms with Crippen molar-refractivity contribution in [2.24, 2.45) is 5.92 Å². The minimum Gasteiger partial charge on any atom is -0.495 e. The normalized spacial score (nSPS) is 23.2. The van der Waals surface area contributed by atoms with Crippen LogP contribution >= 0.6 is 11.6 Å². The Hall–Kier alpha value is -1.83. The van der Waals surface area contributed by atoms with Crippen molar-refractivity contribution in [2.45, 2.75) is 18.9 Å². The summed E-state index contributed by atoms with van der Waals surface area (Å²) >= 11 is 6.15. The average Bonchev–Trinajstić information content (AvgIpc) is 3.23. The highest BCUT2D eigenvalue weighted by Crippen LogP contribution is 2.32. The second-order valence-corrected chi connectivity index (χ2v) is 6.91. The van der Waals surface area contributed by atoms with Crippen LogP contribution in [0.25, 0.3) is 0 Å². The van der Waals surface area contributed by atoms with Crippen LogP contribution in [0.1, 0.15) is 12.8 Å². The number of carbonyl (C=O) groups is 2. The predicted octanol–water partition coefficient (Wildman–Crippen LogP) is 1.03. The Balaban J connectivity index is 1.65. The predicted molar refractivity (Wildman–Crippen MR) is 95.6 cm³/mol. The maximum atomic E-state index is 12.7. The van der Waals surface area contributed by atoms with Crippen LogP contribution in [0.5, 0.6) is 5.75 Å². The number of nitrogens with one attached hydrogen (secondary N) is 2. The maximum absolute atomic E-state index is 12.7. The lowest BCUT2D eigenvalue weighted by molar-refractivity contribution is -0.134. The van der Waals surface area contributed by atoms with Gasteiger partial charge in [-0.2, -0.15) is 0 Å². The number of benzene rings is 1. The molecule has 0 aromatic heterocycles. The van der Waals surface area contributed by atoms with E-state index in [1.54, 1.807) is 42.2 Å². The minimum atomic E-state index is -0.326. The molecule has 7 nitrogen and oxygen atoms in total.